The SMILES string of the molecule is CCOC(=O)c1c2n(c3ccc(Cl)cc13)CCC2. The van der Waals surface area contributed by atoms with Crippen molar-refractivity contribution in [2.45, 2.75) is 26.3 Å². The zero-order chi connectivity index (χ0) is 12.7. The van der Waals surface area contributed by atoms with Gasteiger partial charge in [-0.3, -0.25) is 0 Å². The van der Waals surface area contributed by atoms with Crippen molar-refractivity contribution in [3.8, 4) is 0 Å². The van der Waals surface area contributed by atoms with Crippen molar-refractivity contribution in [2.24, 2.45) is 0 Å². The van der Waals surface area contributed by atoms with Gasteiger partial charge in [-0.2, -0.15) is 0 Å². The van der Waals surface area contributed by atoms with Crippen LogP contribution in [0.5, 0.6) is 0 Å². The van der Waals surface area contributed by atoms with Crippen LogP contribution < -0.4 is 0 Å². The normalized spacial score (nSPS) is 13.9. The van der Waals surface area contributed by atoms with E-state index in [2.05, 4.69) is 4.57 Å². The number of hydrogen-bond donors (Lipinski definition) is 0. The average molecular weight is 264 g/mol. The third-order valence-electron chi connectivity index (χ3n) is 3.41. The fraction of sp³-hybridized carbons (Fsp3) is 0.357. The molecule has 1 aromatic heterocycles. The molecule has 4 heteroatoms. The summed E-state index contributed by atoms with van der Waals surface area (Å²) >= 11 is 6.03. The quantitative estimate of drug-likeness (QED) is 0.778. The molecule has 0 aliphatic carbocycles. The molecule has 1 aliphatic heterocycles. The van der Waals surface area contributed by atoms with Crippen LogP contribution in [0, 0.1) is 0 Å². The van der Waals surface area contributed by atoms with E-state index >= 15 is 0 Å². The van der Waals surface area contributed by atoms with Crippen LogP contribution in [0.4, 0.5) is 0 Å². The van der Waals surface area contributed by atoms with E-state index in [9.17, 15) is 4.79 Å². The second-order valence-electron chi connectivity index (χ2n) is 4.46. The number of nitrogens with zero attached hydrogens (tertiary/aromatic N) is 1. The number of aryl methyl sites for hydroxylation is 1. The van der Waals surface area contributed by atoms with Crippen molar-refractivity contribution in [3.05, 3.63) is 34.5 Å². The Morgan fingerprint density at radius 3 is 3.11 bits per heavy atom. The highest BCUT2D eigenvalue weighted by Gasteiger charge is 2.26. The number of esters is 1. The molecule has 0 spiro atoms. The summed E-state index contributed by atoms with van der Waals surface area (Å²) in [5.74, 6) is -0.236. The van der Waals surface area contributed by atoms with Crippen molar-refractivity contribution in [2.75, 3.05) is 6.61 Å². The predicted octanol–water partition coefficient (Wildman–Crippen LogP) is 3.42. The molecule has 2 aromatic rings. The van der Waals surface area contributed by atoms with Crippen LogP contribution in [0.25, 0.3) is 10.9 Å². The first-order chi connectivity index (χ1) is 8.72. The van der Waals surface area contributed by atoms with Gasteiger partial charge in [-0.15, -0.1) is 0 Å². The number of aromatic nitrogens is 1. The van der Waals surface area contributed by atoms with Crippen molar-refractivity contribution < 1.29 is 9.53 Å². The van der Waals surface area contributed by atoms with Crippen LogP contribution in [-0.4, -0.2) is 17.1 Å². The lowest BCUT2D eigenvalue weighted by Gasteiger charge is -2.02. The lowest BCUT2D eigenvalue weighted by Crippen LogP contribution is -2.06. The van der Waals surface area contributed by atoms with Gasteiger partial charge < -0.3 is 9.30 Å². The molecular formula is C14H14ClNO2. The third-order valence-corrected chi connectivity index (χ3v) is 3.64. The Hall–Kier alpha value is -1.48. The summed E-state index contributed by atoms with van der Waals surface area (Å²) in [6.45, 7) is 3.18. The third kappa shape index (κ3) is 1.62. The maximum atomic E-state index is 12.1. The van der Waals surface area contributed by atoms with Gasteiger partial charge in [0.2, 0.25) is 0 Å². The minimum Gasteiger partial charge on any atom is -0.462 e. The zero-order valence-corrected chi connectivity index (χ0v) is 11.0. The van der Waals surface area contributed by atoms with E-state index in [0.717, 1.165) is 36.0 Å². The molecule has 0 bridgehead atoms. The summed E-state index contributed by atoms with van der Waals surface area (Å²) in [6, 6.07) is 5.70. The Morgan fingerprint density at radius 2 is 2.33 bits per heavy atom. The molecule has 1 aromatic carbocycles. The van der Waals surface area contributed by atoms with E-state index in [-0.39, 0.29) is 5.97 Å². The maximum Gasteiger partial charge on any atom is 0.340 e. The fourth-order valence-corrected chi connectivity index (χ4v) is 2.90. The highest BCUT2D eigenvalue weighted by molar-refractivity contribution is 6.31. The first-order valence-corrected chi connectivity index (χ1v) is 6.58. The number of halogens is 1. The molecule has 3 rings (SSSR count). The molecule has 3 nitrogen and oxygen atoms in total. The highest BCUT2D eigenvalue weighted by Crippen LogP contribution is 2.33. The lowest BCUT2D eigenvalue weighted by atomic mass is 10.1. The van der Waals surface area contributed by atoms with E-state index in [1.165, 1.54) is 0 Å². The van der Waals surface area contributed by atoms with Crippen molar-refractivity contribution >= 4 is 28.5 Å². The second kappa shape index (κ2) is 4.32. The van der Waals surface area contributed by atoms with Crippen LogP contribution in [0.15, 0.2) is 18.2 Å². The molecule has 94 valence electrons. The summed E-state index contributed by atoms with van der Waals surface area (Å²) in [6.07, 6.45) is 2.01. The Labute approximate surface area is 110 Å². The van der Waals surface area contributed by atoms with Gasteiger partial charge in [0, 0.05) is 28.2 Å². The Balaban J connectivity index is 2.28. The zero-order valence-electron chi connectivity index (χ0n) is 10.2. The number of carbonyl (C=O) groups is 1. The van der Waals surface area contributed by atoms with Crippen LogP contribution in [-0.2, 0) is 17.7 Å². The van der Waals surface area contributed by atoms with E-state index in [1.54, 1.807) is 0 Å². The molecule has 2 heterocycles. The molecule has 0 saturated carbocycles. The summed E-state index contributed by atoms with van der Waals surface area (Å²) in [5.41, 5.74) is 2.87. The monoisotopic (exact) mass is 263 g/mol. The largest absolute Gasteiger partial charge is 0.462 e. The number of rotatable bonds is 2. The minimum absolute atomic E-state index is 0.236. The molecule has 0 saturated heterocycles. The standard InChI is InChI=1S/C14H14ClNO2/c1-2-18-14(17)13-10-8-9(15)5-6-11(10)16-7-3-4-12(13)16/h5-6,8H,2-4,7H2,1H3. The molecule has 18 heavy (non-hydrogen) atoms. The second-order valence-corrected chi connectivity index (χ2v) is 4.90. The molecule has 0 fully saturated rings. The van der Waals surface area contributed by atoms with Crippen LogP contribution >= 0.6 is 11.6 Å². The van der Waals surface area contributed by atoms with Crippen molar-refractivity contribution in [3.63, 3.8) is 0 Å². The first-order valence-electron chi connectivity index (χ1n) is 6.20. The smallest absolute Gasteiger partial charge is 0.340 e. The van der Waals surface area contributed by atoms with Crippen LogP contribution in [0.2, 0.25) is 5.02 Å². The van der Waals surface area contributed by atoms with Gasteiger partial charge in [0.1, 0.15) is 0 Å². The van der Waals surface area contributed by atoms with E-state index < -0.39 is 0 Å². The lowest BCUT2D eigenvalue weighted by molar-refractivity contribution is 0.0527. The number of fused-ring (bicyclic) bond motifs is 3. The van der Waals surface area contributed by atoms with Gasteiger partial charge in [0.05, 0.1) is 12.2 Å². The Morgan fingerprint density at radius 1 is 1.50 bits per heavy atom. The minimum atomic E-state index is -0.236. The topological polar surface area (TPSA) is 31.2 Å². The fourth-order valence-electron chi connectivity index (χ4n) is 2.73. The number of benzene rings is 1. The van der Waals surface area contributed by atoms with Crippen molar-refractivity contribution in [1.29, 1.82) is 0 Å². The van der Waals surface area contributed by atoms with Crippen molar-refractivity contribution in [1.82, 2.24) is 4.57 Å². The van der Waals surface area contributed by atoms with Gasteiger partial charge in [-0.1, -0.05) is 11.6 Å². The molecular weight excluding hydrogens is 250 g/mol. The first kappa shape index (κ1) is 11.6. The number of hydrogen-bond acceptors (Lipinski definition) is 2. The van der Waals surface area contributed by atoms with Gasteiger partial charge >= 0.3 is 5.97 Å². The van der Waals surface area contributed by atoms with Crippen LogP contribution in [0.1, 0.15) is 29.4 Å². The van der Waals surface area contributed by atoms with E-state index in [0.29, 0.717) is 17.2 Å². The molecule has 0 radical (unpaired) electrons. The number of ether oxygens (including phenoxy) is 1. The molecule has 0 unspecified atom stereocenters. The van der Waals surface area contributed by atoms with E-state index in [1.807, 2.05) is 25.1 Å². The van der Waals surface area contributed by atoms with E-state index in [4.69, 9.17) is 16.3 Å². The highest BCUT2D eigenvalue weighted by atomic mass is 35.5. The predicted molar refractivity (Wildman–Crippen MR) is 71.2 cm³/mol. The number of carbonyl (C=O) groups excluding carboxylic acids is 1. The van der Waals surface area contributed by atoms with Gasteiger partial charge in [-0.25, -0.2) is 4.79 Å². The van der Waals surface area contributed by atoms with Crippen LogP contribution in [0.3, 0.4) is 0 Å². The van der Waals surface area contributed by atoms with Gasteiger partial charge in [-0.05, 0) is 38.0 Å². The molecule has 1 aliphatic rings. The maximum absolute atomic E-state index is 12.1. The average Bonchev–Trinajstić information content (AvgIpc) is 2.88. The molecule has 0 atom stereocenters. The summed E-state index contributed by atoms with van der Waals surface area (Å²) < 4.78 is 7.37. The summed E-state index contributed by atoms with van der Waals surface area (Å²) in [7, 11) is 0. The summed E-state index contributed by atoms with van der Waals surface area (Å²) in [4.78, 5) is 12.1. The molecule has 0 amide bonds. The molecule has 0 N–H and O–H groups in total. The summed E-state index contributed by atoms with van der Waals surface area (Å²) in [5, 5.41) is 1.56. The van der Waals surface area contributed by atoms with Gasteiger partial charge in [0.25, 0.3) is 0 Å². The van der Waals surface area contributed by atoms with Gasteiger partial charge in [0.15, 0.2) is 0 Å². The Kier molecular flexibility index (Phi) is 2.78. The Bertz CT molecular complexity index is 630.